The summed E-state index contributed by atoms with van der Waals surface area (Å²) >= 11 is 0. The normalized spacial score (nSPS) is 11.4. The standard InChI is InChI=1S/C27H24FNO5/c1-27(2,3)34-26(32)17-7-5-6-16(12-17)19-13-20-22(14-21(19)30)33-24(23(20)25(31)29-4)15-8-10-18(28)11-9-15/h5-14,30H,1-4H3,(H,29,31). The van der Waals surface area contributed by atoms with Gasteiger partial charge in [-0.25, -0.2) is 9.18 Å². The van der Waals surface area contributed by atoms with Gasteiger partial charge in [0.25, 0.3) is 5.91 Å². The van der Waals surface area contributed by atoms with Crippen LogP contribution in [0, 0.1) is 5.82 Å². The highest BCUT2D eigenvalue weighted by Gasteiger charge is 2.24. The molecule has 4 rings (SSSR count). The van der Waals surface area contributed by atoms with E-state index in [9.17, 15) is 19.1 Å². The van der Waals surface area contributed by atoms with Crippen molar-refractivity contribution >= 4 is 22.8 Å². The number of aromatic hydroxyl groups is 1. The Hall–Kier alpha value is -4.13. The lowest BCUT2D eigenvalue weighted by molar-refractivity contribution is 0.00694. The zero-order chi connectivity index (χ0) is 24.6. The summed E-state index contributed by atoms with van der Waals surface area (Å²) in [4.78, 5) is 25.3. The van der Waals surface area contributed by atoms with Crippen LogP contribution in [0.5, 0.6) is 5.75 Å². The first-order chi connectivity index (χ1) is 16.1. The second-order valence-corrected chi connectivity index (χ2v) is 8.84. The monoisotopic (exact) mass is 461 g/mol. The van der Waals surface area contributed by atoms with Crippen LogP contribution in [-0.2, 0) is 4.74 Å². The molecule has 174 valence electrons. The topological polar surface area (TPSA) is 88.8 Å². The summed E-state index contributed by atoms with van der Waals surface area (Å²) in [5.74, 6) is -1.11. The Bertz CT molecular complexity index is 1400. The summed E-state index contributed by atoms with van der Waals surface area (Å²) in [6.45, 7) is 5.35. The molecule has 0 unspecified atom stereocenters. The van der Waals surface area contributed by atoms with Gasteiger partial charge in [0, 0.05) is 29.6 Å². The van der Waals surface area contributed by atoms with Crippen molar-refractivity contribution in [2.45, 2.75) is 26.4 Å². The maximum absolute atomic E-state index is 13.4. The number of phenolic OH excluding ortho intramolecular Hbond substituents is 1. The second-order valence-electron chi connectivity index (χ2n) is 8.84. The van der Waals surface area contributed by atoms with Crippen molar-refractivity contribution in [1.29, 1.82) is 0 Å². The Kier molecular flexibility index (Phi) is 5.87. The van der Waals surface area contributed by atoms with E-state index in [1.165, 1.54) is 37.4 Å². The van der Waals surface area contributed by atoms with Gasteiger partial charge in [-0.15, -0.1) is 0 Å². The van der Waals surface area contributed by atoms with E-state index < -0.39 is 23.3 Å². The molecule has 0 radical (unpaired) electrons. The third-order valence-electron chi connectivity index (χ3n) is 5.18. The van der Waals surface area contributed by atoms with E-state index in [0.717, 1.165) is 0 Å². The van der Waals surface area contributed by atoms with Crippen molar-refractivity contribution in [1.82, 2.24) is 5.32 Å². The number of hydrogen-bond acceptors (Lipinski definition) is 5. The van der Waals surface area contributed by atoms with Crippen LogP contribution >= 0.6 is 0 Å². The summed E-state index contributed by atoms with van der Waals surface area (Å²) in [6, 6.07) is 15.3. The molecule has 7 heteroatoms. The van der Waals surface area contributed by atoms with E-state index in [4.69, 9.17) is 9.15 Å². The Labute approximate surface area is 196 Å². The molecule has 1 heterocycles. The highest BCUT2D eigenvalue weighted by molar-refractivity contribution is 6.12. The summed E-state index contributed by atoms with van der Waals surface area (Å²) in [5.41, 5.74) is 1.73. The lowest BCUT2D eigenvalue weighted by Crippen LogP contribution is -2.23. The molecule has 0 spiro atoms. The minimum atomic E-state index is -0.649. The molecule has 3 aromatic carbocycles. The van der Waals surface area contributed by atoms with Crippen LogP contribution in [0.2, 0.25) is 0 Å². The van der Waals surface area contributed by atoms with E-state index in [1.54, 1.807) is 51.1 Å². The Morgan fingerprint density at radius 2 is 1.71 bits per heavy atom. The van der Waals surface area contributed by atoms with E-state index in [-0.39, 0.29) is 17.1 Å². The van der Waals surface area contributed by atoms with Gasteiger partial charge in [-0.2, -0.15) is 0 Å². The van der Waals surface area contributed by atoms with Crippen molar-refractivity contribution in [3.05, 3.63) is 77.6 Å². The molecule has 0 aliphatic heterocycles. The van der Waals surface area contributed by atoms with E-state index in [0.29, 0.717) is 33.2 Å². The lowest BCUT2D eigenvalue weighted by atomic mass is 9.98. The predicted octanol–water partition coefficient (Wildman–Crippen LogP) is 5.93. The van der Waals surface area contributed by atoms with Gasteiger partial charge in [0.15, 0.2) is 0 Å². The third kappa shape index (κ3) is 4.50. The summed E-state index contributed by atoms with van der Waals surface area (Å²) in [5, 5.41) is 13.8. The van der Waals surface area contributed by atoms with Gasteiger partial charge in [-0.3, -0.25) is 4.79 Å². The fourth-order valence-corrected chi connectivity index (χ4v) is 3.67. The molecule has 1 amide bonds. The van der Waals surface area contributed by atoms with Gasteiger partial charge < -0.3 is 19.6 Å². The van der Waals surface area contributed by atoms with Gasteiger partial charge >= 0.3 is 5.97 Å². The number of halogens is 1. The predicted molar refractivity (Wildman–Crippen MR) is 127 cm³/mol. The molecular formula is C27H24FNO5. The van der Waals surface area contributed by atoms with Crippen molar-refractivity contribution in [2.75, 3.05) is 7.05 Å². The first-order valence-electron chi connectivity index (χ1n) is 10.7. The van der Waals surface area contributed by atoms with Crippen LogP contribution in [0.1, 0.15) is 41.5 Å². The highest BCUT2D eigenvalue weighted by atomic mass is 19.1. The lowest BCUT2D eigenvalue weighted by Gasteiger charge is -2.19. The molecule has 2 N–H and O–H groups in total. The minimum Gasteiger partial charge on any atom is -0.507 e. The quantitative estimate of drug-likeness (QED) is 0.368. The number of ether oxygens (including phenoxy) is 1. The van der Waals surface area contributed by atoms with Gasteiger partial charge in [-0.05, 0) is 68.8 Å². The molecular weight excluding hydrogens is 437 g/mol. The number of esters is 1. The molecule has 0 fully saturated rings. The number of amides is 1. The van der Waals surface area contributed by atoms with Crippen LogP contribution in [-0.4, -0.2) is 29.6 Å². The van der Waals surface area contributed by atoms with Gasteiger partial charge in [0.1, 0.15) is 28.5 Å². The third-order valence-corrected chi connectivity index (χ3v) is 5.18. The maximum Gasteiger partial charge on any atom is 0.338 e. The average Bonchev–Trinajstić information content (AvgIpc) is 3.15. The highest BCUT2D eigenvalue weighted by Crippen LogP contribution is 2.40. The van der Waals surface area contributed by atoms with Crippen LogP contribution < -0.4 is 5.32 Å². The van der Waals surface area contributed by atoms with Crippen molar-refractivity contribution < 1.29 is 28.2 Å². The van der Waals surface area contributed by atoms with Gasteiger partial charge in [0.2, 0.25) is 0 Å². The maximum atomic E-state index is 13.4. The van der Waals surface area contributed by atoms with Crippen LogP contribution in [0.3, 0.4) is 0 Å². The van der Waals surface area contributed by atoms with Crippen molar-refractivity contribution in [3.63, 3.8) is 0 Å². The second kappa shape index (κ2) is 8.67. The molecule has 4 aromatic rings. The fraction of sp³-hybridized carbons (Fsp3) is 0.185. The van der Waals surface area contributed by atoms with Crippen molar-refractivity contribution in [3.8, 4) is 28.2 Å². The van der Waals surface area contributed by atoms with Gasteiger partial charge in [-0.1, -0.05) is 12.1 Å². The Morgan fingerprint density at radius 1 is 1.00 bits per heavy atom. The number of carbonyl (C=O) groups excluding carboxylic acids is 2. The number of hydrogen-bond donors (Lipinski definition) is 2. The summed E-state index contributed by atoms with van der Waals surface area (Å²) in [6.07, 6.45) is 0. The van der Waals surface area contributed by atoms with E-state index in [2.05, 4.69) is 5.32 Å². The number of carbonyl (C=O) groups is 2. The Balaban J connectivity index is 1.87. The largest absolute Gasteiger partial charge is 0.507 e. The zero-order valence-electron chi connectivity index (χ0n) is 19.2. The van der Waals surface area contributed by atoms with Crippen LogP contribution in [0.25, 0.3) is 33.4 Å². The molecule has 0 saturated heterocycles. The molecule has 0 aliphatic rings. The summed E-state index contributed by atoms with van der Waals surface area (Å²) in [7, 11) is 1.50. The minimum absolute atomic E-state index is 0.0864. The summed E-state index contributed by atoms with van der Waals surface area (Å²) < 4.78 is 24.8. The number of phenols is 1. The molecule has 0 bridgehead atoms. The molecule has 1 aromatic heterocycles. The smallest absolute Gasteiger partial charge is 0.338 e. The molecule has 0 saturated carbocycles. The van der Waals surface area contributed by atoms with Gasteiger partial charge in [0.05, 0.1) is 11.1 Å². The van der Waals surface area contributed by atoms with E-state index in [1.807, 2.05) is 0 Å². The number of nitrogens with one attached hydrogen (secondary N) is 1. The van der Waals surface area contributed by atoms with Crippen LogP contribution in [0.4, 0.5) is 4.39 Å². The zero-order valence-corrected chi connectivity index (χ0v) is 19.2. The number of furan rings is 1. The molecule has 34 heavy (non-hydrogen) atoms. The first-order valence-corrected chi connectivity index (χ1v) is 10.7. The first kappa shape index (κ1) is 23.0. The Morgan fingerprint density at radius 3 is 2.35 bits per heavy atom. The molecule has 0 aliphatic carbocycles. The SMILES string of the molecule is CNC(=O)c1c(-c2ccc(F)cc2)oc2cc(O)c(-c3cccc(C(=O)OC(C)(C)C)c3)cc12. The number of benzene rings is 3. The number of fused-ring (bicyclic) bond motifs is 1. The molecule has 6 nitrogen and oxygen atoms in total. The number of rotatable bonds is 4. The van der Waals surface area contributed by atoms with E-state index >= 15 is 0 Å². The van der Waals surface area contributed by atoms with Crippen LogP contribution in [0.15, 0.2) is 65.1 Å². The van der Waals surface area contributed by atoms with Crippen molar-refractivity contribution in [2.24, 2.45) is 0 Å². The fourth-order valence-electron chi connectivity index (χ4n) is 3.67. The molecule has 0 atom stereocenters. The average molecular weight is 461 g/mol.